The smallest absolute Gasteiger partial charge is 0.147 e. The molecule has 4 nitrogen and oxygen atoms in total. The van der Waals surface area contributed by atoms with Crippen molar-refractivity contribution in [1.29, 1.82) is 0 Å². The Hall–Kier alpha value is -0.910. The molecule has 2 rings (SSSR count). The summed E-state index contributed by atoms with van der Waals surface area (Å²) in [7, 11) is -2.89. The molecule has 0 amide bonds. The van der Waals surface area contributed by atoms with E-state index in [2.05, 4.69) is 6.07 Å². The van der Waals surface area contributed by atoms with Crippen LogP contribution in [0.4, 0.5) is 0 Å². The fraction of sp³-hybridized carbons (Fsp3) is 0.538. The Bertz CT molecular complexity index is 525. The Labute approximate surface area is 108 Å². The maximum absolute atomic E-state index is 11.0. The number of ether oxygens (including phenoxy) is 1. The van der Waals surface area contributed by atoms with Crippen LogP contribution in [0.1, 0.15) is 35.6 Å². The van der Waals surface area contributed by atoms with Crippen molar-refractivity contribution in [2.45, 2.75) is 32.1 Å². The molecule has 0 aromatic heterocycles. The monoisotopic (exact) mass is 269 g/mol. The van der Waals surface area contributed by atoms with Crippen molar-refractivity contribution in [3.63, 3.8) is 0 Å². The zero-order valence-corrected chi connectivity index (χ0v) is 11.4. The second-order valence-electron chi connectivity index (χ2n) is 4.90. The number of hydrogen-bond acceptors (Lipinski definition) is 4. The molecule has 1 aromatic carbocycles. The maximum atomic E-state index is 11.0. The highest BCUT2D eigenvalue weighted by Crippen LogP contribution is 2.24. The van der Waals surface area contributed by atoms with E-state index in [1.165, 1.54) is 17.4 Å². The predicted molar refractivity (Wildman–Crippen MR) is 70.8 cm³/mol. The lowest BCUT2D eigenvalue weighted by atomic mass is 9.99. The average Bonchev–Trinajstić information content (AvgIpc) is 2.73. The Morgan fingerprint density at radius 3 is 2.78 bits per heavy atom. The summed E-state index contributed by atoms with van der Waals surface area (Å²) in [6.07, 6.45) is 2.55. The molecular formula is C13H19NO3S. The molecule has 18 heavy (non-hydrogen) atoms. The van der Waals surface area contributed by atoms with Crippen LogP contribution in [0.5, 0.6) is 0 Å². The largest absolute Gasteiger partial charge is 0.372 e. The molecule has 0 aliphatic carbocycles. The van der Waals surface area contributed by atoms with Gasteiger partial charge in [-0.3, -0.25) is 0 Å². The minimum atomic E-state index is -2.89. The van der Waals surface area contributed by atoms with Gasteiger partial charge in [0.15, 0.2) is 0 Å². The van der Waals surface area contributed by atoms with E-state index in [0.29, 0.717) is 26.1 Å². The van der Waals surface area contributed by atoms with Crippen LogP contribution in [0.3, 0.4) is 0 Å². The lowest BCUT2D eigenvalue weighted by Gasteiger charge is -2.12. The highest BCUT2D eigenvalue weighted by molar-refractivity contribution is 7.90. The van der Waals surface area contributed by atoms with Crippen LogP contribution in [0, 0.1) is 0 Å². The summed E-state index contributed by atoms with van der Waals surface area (Å²) in [6, 6.07) is 6.04. The minimum absolute atomic E-state index is 0.0994. The van der Waals surface area contributed by atoms with Crippen molar-refractivity contribution in [3.05, 3.63) is 34.9 Å². The van der Waals surface area contributed by atoms with Gasteiger partial charge in [-0.05, 0) is 29.5 Å². The topological polar surface area (TPSA) is 69.4 Å². The van der Waals surface area contributed by atoms with Crippen LogP contribution in [0.25, 0.3) is 0 Å². The van der Waals surface area contributed by atoms with Crippen LogP contribution < -0.4 is 5.73 Å². The lowest BCUT2D eigenvalue weighted by molar-refractivity contribution is 0.134. The number of rotatable bonds is 5. The Morgan fingerprint density at radius 2 is 2.06 bits per heavy atom. The van der Waals surface area contributed by atoms with Gasteiger partial charge in [-0.25, -0.2) is 8.42 Å². The highest BCUT2D eigenvalue weighted by Gasteiger charge is 2.14. The lowest BCUT2D eigenvalue weighted by Crippen LogP contribution is -2.13. The van der Waals surface area contributed by atoms with Crippen molar-refractivity contribution in [2.24, 2.45) is 5.73 Å². The third-order valence-electron chi connectivity index (χ3n) is 3.20. The van der Waals surface area contributed by atoms with Crippen molar-refractivity contribution < 1.29 is 13.2 Å². The average molecular weight is 269 g/mol. The summed E-state index contributed by atoms with van der Waals surface area (Å²) in [6.45, 7) is 1.33. The van der Waals surface area contributed by atoms with E-state index < -0.39 is 9.84 Å². The second-order valence-corrected chi connectivity index (χ2v) is 7.16. The third-order valence-corrected chi connectivity index (χ3v) is 4.23. The van der Waals surface area contributed by atoms with Crippen molar-refractivity contribution in [2.75, 3.05) is 12.0 Å². The van der Waals surface area contributed by atoms with E-state index in [0.717, 1.165) is 5.56 Å². The molecule has 1 heterocycles. The molecule has 0 fully saturated rings. The zero-order chi connectivity index (χ0) is 13.2. The van der Waals surface area contributed by atoms with Gasteiger partial charge in [-0.15, -0.1) is 0 Å². The fourth-order valence-corrected chi connectivity index (χ4v) is 2.85. The van der Waals surface area contributed by atoms with Crippen LogP contribution in [0.15, 0.2) is 18.2 Å². The van der Waals surface area contributed by atoms with Crippen molar-refractivity contribution >= 4 is 9.84 Å². The quantitative estimate of drug-likeness (QED) is 0.880. The molecule has 0 saturated heterocycles. The Kier molecular flexibility index (Phi) is 4.04. The molecule has 0 saturated carbocycles. The van der Waals surface area contributed by atoms with Crippen LogP contribution in [-0.4, -0.2) is 20.4 Å². The second kappa shape index (κ2) is 5.38. The summed E-state index contributed by atoms with van der Waals surface area (Å²) in [5.74, 6) is 0.203. The fourth-order valence-electron chi connectivity index (χ4n) is 2.15. The number of benzene rings is 1. The first-order chi connectivity index (χ1) is 8.46. The van der Waals surface area contributed by atoms with Gasteiger partial charge in [0, 0.05) is 18.1 Å². The molecule has 5 heteroatoms. The van der Waals surface area contributed by atoms with Gasteiger partial charge in [0.2, 0.25) is 0 Å². The third kappa shape index (κ3) is 3.54. The first-order valence-corrected chi connectivity index (χ1v) is 8.14. The van der Waals surface area contributed by atoms with Crippen LogP contribution in [0.2, 0.25) is 0 Å². The molecular weight excluding hydrogens is 250 g/mol. The van der Waals surface area contributed by atoms with Crippen LogP contribution >= 0.6 is 0 Å². The molecule has 1 unspecified atom stereocenters. The van der Waals surface area contributed by atoms with Gasteiger partial charge in [0.05, 0.1) is 13.2 Å². The minimum Gasteiger partial charge on any atom is -0.372 e. The Balaban J connectivity index is 1.95. The van der Waals surface area contributed by atoms with Gasteiger partial charge in [0.1, 0.15) is 9.84 Å². The summed E-state index contributed by atoms with van der Waals surface area (Å²) >= 11 is 0. The maximum Gasteiger partial charge on any atom is 0.147 e. The van der Waals surface area contributed by atoms with Gasteiger partial charge in [-0.1, -0.05) is 18.2 Å². The molecule has 2 N–H and O–H groups in total. The number of fused-ring (bicyclic) bond motifs is 1. The van der Waals surface area contributed by atoms with E-state index in [1.807, 2.05) is 12.1 Å². The molecule has 1 aromatic rings. The van der Waals surface area contributed by atoms with Gasteiger partial charge < -0.3 is 10.5 Å². The molecule has 0 bridgehead atoms. The molecule has 1 aliphatic rings. The van der Waals surface area contributed by atoms with Crippen LogP contribution in [-0.2, 0) is 27.8 Å². The summed E-state index contributed by atoms with van der Waals surface area (Å²) in [4.78, 5) is 0. The van der Waals surface area contributed by atoms with Crippen molar-refractivity contribution in [1.82, 2.24) is 0 Å². The highest BCUT2D eigenvalue weighted by atomic mass is 32.2. The normalized spacial score (nSPS) is 16.6. The number of sulfone groups is 1. The van der Waals surface area contributed by atoms with E-state index >= 15 is 0 Å². The van der Waals surface area contributed by atoms with E-state index in [4.69, 9.17) is 10.5 Å². The van der Waals surface area contributed by atoms with Gasteiger partial charge in [0.25, 0.3) is 0 Å². The zero-order valence-electron chi connectivity index (χ0n) is 10.6. The molecule has 0 radical (unpaired) electrons. The molecule has 100 valence electrons. The first kappa shape index (κ1) is 13.5. The first-order valence-electron chi connectivity index (χ1n) is 6.08. The molecule has 1 atom stereocenters. The van der Waals surface area contributed by atoms with E-state index in [-0.39, 0.29) is 11.8 Å². The number of hydrogen-bond donors (Lipinski definition) is 1. The van der Waals surface area contributed by atoms with Crippen molar-refractivity contribution in [3.8, 4) is 0 Å². The molecule has 0 spiro atoms. The van der Waals surface area contributed by atoms with E-state index in [1.54, 1.807) is 0 Å². The van der Waals surface area contributed by atoms with Gasteiger partial charge >= 0.3 is 0 Å². The Morgan fingerprint density at radius 1 is 1.33 bits per heavy atom. The number of nitrogens with two attached hydrogens (primary N) is 1. The van der Waals surface area contributed by atoms with Gasteiger partial charge in [-0.2, -0.15) is 0 Å². The predicted octanol–water partition coefficient (Wildman–Crippen LogP) is 1.54. The summed E-state index contributed by atoms with van der Waals surface area (Å²) in [5, 5.41) is 0. The standard InChI is InChI=1S/C13H19NO3S/c1-18(15,16)6-2-3-13(14)10-4-5-11-8-17-9-12(11)7-10/h4-5,7,13H,2-3,6,8-9,14H2,1H3. The summed E-state index contributed by atoms with van der Waals surface area (Å²) < 4.78 is 27.4. The SMILES string of the molecule is CS(=O)(=O)CCCC(N)c1ccc2c(c1)COC2. The molecule has 1 aliphatic heterocycles. The summed E-state index contributed by atoms with van der Waals surface area (Å²) in [5.41, 5.74) is 9.57. The van der Waals surface area contributed by atoms with E-state index in [9.17, 15) is 8.42 Å².